The molecule has 1 heterocycles. The molecule has 1 aromatic rings. The summed E-state index contributed by atoms with van der Waals surface area (Å²) in [5, 5.41) is 10.3. The van der Waals surface area contributed by atoms with Gasteiger partial charge in [0.25, 0.3) is 0 Å². The average molecular weight is 293 g/mol. The standard InChI is InChI=1S/C16H23NO4/c1-16(2)20-14-11(13(18)12(17)15(14)21-16)9-19-8-10-6-4-3-5-7-10/h3-7,11-15,18H,8-9,17H2,1-2H3/t11-,12+,13-,14+,15-/m1/s1. The summed E-state index contributed by atoms with van der Waals surface area (Å²) in [5.41, 5.74) is 7.15. The first-order valence-electron chi connectivity index (χ1n) is 7.39. The van der Waals surface area contributed by atoms with E-state index in [4.69, 9.17) is 19.9 Å². The van der Waals surface area contributed by atoms with E-state index in [0.29, 0.717) is 13.2 Å². The van der Waals surface area contributed by atoms with E-state index in [1.165, 1.54) is 0 Å². The summed E-state index contributed by atoms with van der Waals surface area (Å²) >= 11 is 0. The molecule has 116 valence electrons. The van der Waals surface area contributed by atoms with Crippen LogP contribution in [0.15, 0.2) is 30.3 Å². The molecule has 0 bridgehead atoms. The topological polar surface area (TPSA) is 73.9 Å². The number of nitrogens with two attached hydrogens (primary N) is 1. The quantitative estimate of drug-likeness (QED) is 0.868. The van der Waals surface area contributed by atoms with Crippen LogP contribution in [0, 0.1) is 5.92 Å². The number of hydrogen-bond donors (Lipinski definition) is 2. The molecule has 1 saturated heterocycles. The molecule has 0 amide bonds. The van der Waals surface area contributed by atoms with Crippen molar-refractivity contribution in [2.24, 2.45) is 11.7 Å². The molecule has 0 unspecified atom stereocenters. The molecule has 3 rings (SSSR count). The number of aliphatic hydroxyl groups excluding tert-OH is 1. The van der Waals surface area contributed by atoms with Crippen molar-refractivity contribution >= 4 is 0 Å². The maximum atomic E-state index is 10.3. The van der Waals surface area contributed by atoms with Crippen molar-refractivity contribution in [1.82, 2.24) is 0 Å². The van der Waals surface area contributed by atoms with Crippen molar-refractivity contribution < 1.29 is 19.3 Å². The third-order valence-corrected chi connectivity index (χ3v) is 4.22. The smallest absolute Gasteiger partial charge is 0.163 e. The second-order valence-corrected chi connectivity index (χ2v) is 6.30. The third-order valence-electron chi connectivity index (χ3n) is 4.22. The number of aliphatic hydroxyl groups is 1. The molecule has 3 N–H and O–H groups in total. The molecular weight excluding hydrogens is 270 g/mol. The van der Waals surface area contributed by atoms with Gasteiger partial charge in [-0.15, -0.1) is 0 Å². The average Bonchev–Trinajstić information content (AvgIpc) is 2.87. The molecule has 2 aliphatic rings. The van der Waals surface area contributed by atoms with Crippen LogP contribution in [-0.4, -0.2) is 41.9 Å². The summed E-state index contributed by atoms with van der Waals surface area (Å²) in [6.45, 7) is 4.66. The summed E-state index contributed by atoms with van der Waals surface area (Å²) in [7, 11) is 0. The summed E-state index contributed by atoms with van der Waals surface area (Å²) in [6.07, 6.45) is -1.13. The van der Waals surface area contributed by atoms with Gasteiger partial charge < -0.3 is 25.1 Å². The Hall–Kier alpha value is -0.980. The number of benzene rings is 1. The van der Waals surface area contributed by atoms with Crippen molar-refractivity contribution in [3.8, 4) is 0 Å². The highest BCUT2D eigenvalue weighted by Crippen LogP contribution is 2.41. The minimum Gasteiger partial charge on any atom is -0.391 e. The van der Waals surface area contributed by atoms with Crippen LogP contribution in [0.5, 0.6) is 0 Å². The summed E-state index contributed by atoms with van der Waals surface area (Å²) in [4.78, 5) is 0. The van der Waals surface area contributed by atoms with Crippen molar-refractivity contribution in [3.63, 3.8) is 0 Å². The molecule has 1 aliphatic heterocycles. The number of ether oxygens (including phenoxy) is 3. The summed E-state index contributed by atoms with van der Waals surface area (Å²) < 4.78 is 17.4. The van der Waals surface area contributed by atoms with E-state index >= 15 is 0 Å². The highest BCUT2D eigenvalue weighted by atomic mass is 16.8. The van der Waals surface area contributed by atoms with E-state index in [1.54, 1.807) is 0 Å². The molecule has 21 heavy (non-hydrogen) atoms. The predicted octanol–water partition coefficient (Wildman–Crippen LogP) is 1.04. The van der Waals surface area contributed by atoms with Gasteiger partial charge in [-0.3, -0.25) is 0 Å². The fourth-order valence-corrected chi connectivity index (χ4v) is 3.20. The van der Waals surface area contributed by atoms with Gasteiger partial charge in [-0.1, -0.05) is 30.3 Å². The molecular formula is C16H23NO4. The van der Waals surface area contributed by atoms with Crippen LogP contribution in [-0.2, 0) is 20.8 Å². The van der Waals surface area contributed by atoms with Crippen LogP contribution in [0.4, 0.5) is 0 Å². The predicted molar refractivity (Wildman–Crippen MR) is 77.4 cm³/mol. The Labute approximate surface area is 125 Å². The Morgan fingerprint density at radius 1 is 1.19 bits per heavy atom. The second-order valence-electron chi connectivity index (χ2n) is 6.30. The Balaban J connectivity index is 1.59. The van der Waals surface area contributed by atoms with Crippen LogP contribution >= 0.6 is 0 Å². The van der Waals surface area contributed by atoms with Gasteiger partial charge in [0.1, 0.15) is 6.10 Å². The van der Waals surface area contributed by atoms with Crippen LogP contribution in [0.3, 0.4) is 0 Å². The molecule has 5 nitrogen and oxygen atoms in total. The van der Waals surface area contributed by atoms with Crippen molar-refractivity contribution in [3.05, 3.63) is 35.9 Å². The van der Waals surface area contributed by atoms with Gasteiger partial charge in [0, 0.05) is 5.92 Å². The Morgan fingerprint density at radius 2 is 1.86 bits per heavy atom. The number of rotatable bonds is 4. The third kappa shape index (κ3) is 2.98. The minimum atomic E-state index is -0.660. The van der Waals surface area contributed by atoms with Gasteiger partial charge in [-0.25, -0.2) is 0 Å². The molecule has 1 aromatic carbocycles. The second kappa shape index (κ2) is 5.66. The number of hydrogen-bond acceptors (Lipinski definition) is 5. The first-order valence-corrected chi connectivity index (χ1v) is 7.39. The normalized spacial score (nSPS) is 37.6. The molecule has 5 atom stereocenters. The van der Waals surface area contributed by atoms with E-state index in [9.17, 15) is 5.11 Å². The minimum absolute atomic E-state index is 0.157. The van der Waals surface area contributed by atoms with Gasteiger partial charge in [0.05, 0.1) is 31.5 Å². The molecule has 1 saturated carbocycles. The zero-order valence-corrected chi connectivity index (χ0v) is 12.4. The molecule has 0 radical (unpaired) electrons. The highest BCUT2D eigenvalue weighted by Gasteiger charge is 2.57. The van der Waals surface area contributed by atoms with Crippen molar-refractivity contribution in [2.45, 2.75) is 50.6 Å². The van der Waals surface area contributed by atoms with Crippen LogP contribution in [0.25, 0.3) is 0 Å². The van der Waals surface area contributed by atoms with Gasteiger partial charge in [-0.2, -0.15) is 0 Å². The van der Waals surface area contributed by atoms with Crippen molar-refractivity contribution in [2.75, 3.05) is 6.61 Å². The molecule has 0 aromatic heterocycles. The fourth-order valence-electron chi connectivity index (χ4n) is 3.20. The van der Waals surface area contributed by atoms with Crippen LogP contribution < -0.4 is 5.73 Å². The highest BCUT2D eigenvalue weighted by molar-refractivity contribution is 5.13. The van der Waals surface area contributed by atoms with Gasteiger partial charge >= 0.3 is 0 Å². The summed E-state index contributed by atoms with van der Waals surface area (Å²) in [5.74, 6) is -0.805. The summed E-state index contributed by atoms with van der Waals surface area (Å²) in [6, 6.07) is 9.52. The first kappa shape index (κ1) is 14.9. The molecule has 0 spiro atoms. The SMILES string of the molecule is CC1(C)O[C@@H]2[C@@H](N)[C@H](O)[C@@H](COCc3ccccc3)[C@@H]2O1. The Bertz CT molecular complexity index is 478. The van der Waals surface area contributed by atoms with E-state index in [0.717, 1.165) is 5.56 Å². The number of fused-ring (bicyclic) bond motifs is 1. The first-order chi connectivity index (χ1) is 9.98. The van der Waals surface area contributed by atoms with Gasteiger partial charge in [-0.05, 0) is 19.4 Å². The van der Waals surface area contributed by atoms with E-state index < -0.39 is 17.9 Å². The van der Waals surface area contributed by atoms with Gasteiger partial charge in [0.2, 0.25) is 0 Å². The van der Waals surface area contributed by atoms with E-state index in [1.807, 2.05) is 44.2 Å². The molecule has 5 heteroatoms. The lowest BCUT2D eigenvalue weighted by Crippen LogP contribution is -2.42. The molecule has 2 fully saturated rings. The Morgan fingerprint density at radius 3 is 2.57 bits per heavy atom. The lowest BCUT2D eigenvalue weighted by atomic mass is 10.0. The monoisotopic (exact) mass is 293 g/mol. The zero-order chi connectivity index (χ0) is 15.0. The van der Waals surface area contributed by atoms with Crippen LogP contribution in [0.2, 0.25) is 0 Å². The Kier molecular flexibility index (Phi) is 4.03. The van der Waals surface area contributed by atoms with Gasteiger partial charge in [0.15, 0.2) is 5.79 Å². The maximum Gasteiger partial charge on any atom is 0.163 e. The maximum absolute atomic E-state index is 10.3. The van der Waals surface area contributed by atoms with E-state index in [2.05, 4.69) is 0 Å². The van der Waals surface area contributed by atoms with Crippen LogP contribution in [0.1, 0.15) is 19.4 Å². The van der Waals surface area contributed by atoms with E-state index in [-0.39, 0.29) is 18.1 Å². The zero-order valence-electron chi connectivity index (χ0n) is 12.4. The largest absolute Gasteiger partial charge is 0.391 e. The lowest BCUT2D eigenvalue weighted by molar-refractivity contribution is -0.170. The fraction of sp³-hybridized carbons (Fsp3) is 0.625. The lowest BCUT2D eigenvalue weighted by Gasteiger charge is -2.25. The molecule has 1 aliphatic carbocycles. The van der Waals surface area contributed by atoms with Crippen molar-refractivity contribution in [1.29, 1.82) is 0 Å².